The summed E-state index contributed by atoms with van der Waals surface area (Å²) in [5.41, 5.74) is 0.723. The first-order valence-corrected chi connectivity index (χ1v) is 9.35. The van der Waals surface area contributed by atoms with Crippen molar-refractivity contribution in [2.75, 3.05) is 26.1 Å². The SMILES string of the molecule is CNC(=O)COc1ccc(C(=O)Nc2ccccc2Oc2cccc(F)c2)cc1OC. The van der Waals surface area contributed by atoms with Crippen LogP contribution < -0.4 is 24.8 Å². The molecule has 0 aliphatic heterocycles. The molecule has 0 saturated carbocycles. The standard InChI is InChI=1S/C23H21FN2O5/c1-25-22(27)14-30-20-11-10-15(12-21(20)29-2)23(28)26-18-8-3-4-9-19(18)31-17-7-5-6-16(24)13-17/h3-13H,14H2,1-2H3,(H,25,27)(H,26,28). The molecule has 0 radical (unpaired) electrons. The molecule has 2 amide bonds. The number of anilines is 1. The number of benzene rings is 3. The second kappa shape index (κ2) is 10.1. The zero-order valence-electron chi connectivity index (χ0n) is 17.0. The zero-order chi connectivity index (χ0) is 22.2. The lowest BCUT2D eigenvalue weighted by atomic mass is 10.1. The maximum Gasteiger partial charge on any atom is 0.257 e. The highest BCUT2D eigenvalue weighted by Crippen LogP contribution is 2.31. The molecule has 0 aliphatic rings. The van der Waals surface area contributed by atoms with Gasteiger partial charge in [0, 0.05) is 18.7 Å². The van der Waals surface area contributed by atoms with E-state index in [9.17, 15) is 14.0 Å². The maximum atomic E-state index is 13.4. The second-order valence-electron chi connectivity index (χ2n) is 6.34. The number of hydrogen-bond donors (Lipinski definition) is 2. The molecule has 0 atom stereocenters. The van der Waals surface area contributed by atoms with Gasteiger partial charge in [0.15, 0.2) is 23.9 Å². The van der Waals surface area contributed by atoms with Crippen molar-refractivity contribution in [3.05, 3.63) is 78.1 Å². The summed E-state index contributed by atoms with van der Waals surface area (Å²) >= 11 is 0. The molecule has 7 nitrogen and oxygen atoms in total. The lowest BCUT2D eigenvalue weighted by Crippen LogP contribution is -2.25. The molecule has 3 aromatic rings. The van der Waals surface area contributed by atoms with Crippen LogP contribution in [0.2, 0.25) is 0 Å². The summed E-state index contributed by atoms with van der Waals surface area (Å²) in [6.45, 7) is -0.177. The van der Waals surface area contributed by atoms with Crippen LogP contribution in [0.25, 0.3) is 0 Å². The fraction of sp³-hybridized carbons (Fsp3) is 0.130. The van der Waals surface area contributed by atoms with Crippen LogP contribution in [0, 0.1) is 5.82 Å². The minimum Gasteiger partial charge on any atom is -0.493 e. The Labute approximate surface area is 178 Å². The fourth-order valence-electron chi connectivity index (χ4n) is 2.65. The van der Waals surface area contributed by atoms with Gasteiger partial charge in [0.2, 0.25) is 0 Å². The van der Waals surface area contributed by atoms with Crippen molar-refractivity contribution in [3.8, 4) is 23.0 Å². The third kappa shape index (κ3) is 5.72. The van der Waals surface area contributed by atoms with Gasteiger partial charge in [-0.3, -0.25) is 9.59 Å². The minimum absolute atomic E-state index is 0.177. The summed E-state index contributed by atoms with van der Waals surface area (Å²) in [5.74, 6) is 0.174. The molecule has 0 aliphatic carbocycles. The summed E-state index contributed by atoms with van der Waals surface area (Å²) in [4.78, 5) is 24.1. The van der Waals surface area contributed by atoms with Gasteiger partial charge in [-0.15, -0.1) is 0 Å². The Morgan fingerprint density at radius 1 is 0.935 bits per heavy atom. The Morgan fingerprint density at radius 2 is 1.74 bits per heavy atom. The smallest absolute Gasteiger partial charge is 0.257 e. The largest absolute Gasteiger partial charge is 0.493 e. The van der Waals surface area contributed by atoms with Gasteiger partial charge in [0.05, 0.1) is 12.8 Å². The number of carbonyl (C=O) groups excluding carboxylic acids is 2. The molecule has 2 N–H and O–H groups in total. The number of hydrogen-bond acceptors (Lipinski definition) is 5. The molecule has 31 heavy (non-hydrogen) atoms. The van der Waals surface area contributed by atoms with Gasteiger partial charge in [-0.25, -0.2) is 4.39 Å². The van der Waals surface area contributed by atoms with E-state index in [2.05, 4.69) is 10.6 Å². The van der Waals surface area contributed by atoms with Crippen molar-refractivity contribution in [1.29, 1.82) is 0 Å². The van der Waals surface area contributed by atoms with Crippen molar-refractivity contribution in [1.82, 2.24) is 5.32 Å². The van der Waals surface area contributed by atoms with E-state index in [1.807, 2.05) is 0 Å². The van der Waals surface area contributed by atoms with E-state index in [1.165, 1.54) is 38.4 Å². The summed E-state index contributed by atoms with van der Waals surface area (Å²) in [6, 6.07) is 17.1. The Bertz CT molecular complexity index is 1090. The van der Waals surface area contributed by atoms with E-state index in [4.69, 9.17) is 14.2 Å². The van der Waals surface area contributed by atoms with Crippen LogP contribution in [0.5, 0.6) is 23.0 Å². The van der Waals surface area contributed by atoms with E-state index in [1.54, 1.807) is 42.5 Å². The minimum atomic E-state index is -0.426. The van der Waals surface area contributed by atoms with E-state index in [-0.39, 0.29) is 12.5 Å². The molecule has 0 unspecified atom stereocenters. The number of amides is 2. The maximum absolute atomic E-state index is 13.4. The van der Waals surface area contributed by atoms with Crippen LogP contribution in [0.3, 0.4) is 0 Å². The number of rotatable bonds is 8. The van der Waals surface area contributed by atoms with Crippen molar-refractivity contribution < 1.29 is 28.2 Å². The summed E-state index contributed by atoms with van der Waals surface area (Å²) in [7, 11) is 2.94. The number of halogens is 1. The first-order valence-electron chi connectivity index (χ1n) is 9.35. The predicted octanol–water partition coefficient (Wildman–Crippen LogP) is 4.00. The normalized spacial score (nSPS) is 10.2. The Kier molecular flexibility index (Phi) is 7.05. The molecule has 0 aromatic heterocycles. The molecule has 0 saturated heterocycles. The van der Waals surface area contributed by atoms with Crippen LogP contribution in [0.1, 0.15) is 10.4 Å². The predicted molar refractivity (Wildman–Crippen MR) is 113 cm³/mol. The van der Waals surface area contributed by atoms with E-state index in [0.29, 0.717) is 34.2 Å². The molecule has 3 rings (SSSR count). The molecule has 8 heteroatoms. The second-order valence-corrected chi connectivity index (χ2v) is 6.34. The van der Waals surface area contributed by atoms with Crippen LogP contribution >= 0.6 is 0 Å². The number of likely N-dealkylation sites (N-methyl/N-ethyl adjacent to an activating group) is 1. The highest BCUT2D eigenvalue weighted by atomic mass is 19.1. The van der Waals surface area contributed by atoms with Gasteiger partial charge >= 0.3 is 0 Å². The van der Waals surface area contributed by atoms with Crippen LogP contribution in [-0.4, -0.2) is 32.6 Å². The zero-order valence-corrected chi connectivity index (χ0v) is 17.0. The summed E-state index contributed by atoms with van der Waals surface area (Å²) < 4.78 is 29.8. The Balaban J connectivity index is 1.76. The van der Waals surface area contributed by atoms with Crippen molar-refractivity contribution in [2.45, 2.75) is 0 Å². The van der Waals surface area contributed by atoms with Gasteiger partial charge < -0.3 is 24.8 Å². The van der Waals surface area contributed by atoms with Crippen molar-refractivity contribution >= 4 is 17.5 Å². The molecule has 0 heterocycles. The average Bonchev–Trinajstić information content (AvgIpc) is 2.78. The van der Waals surface area contributed by atoms with Gasteiger partial charge in [0.1, 0.15) is 11.6 Å². The molecule has 0 fully saturated rings. The third-order valence-electron chi connectivity index (χ3n) is 4.22. The number of methoxy groups -OCH3 is 1. The number of ether oxygens (including phenoxy) is 3. The van der Waals surface area contributed by atoms with E-state index in [0.717, 1.165) is 0 Å². The van der Waals surface area contributed by atoms with E-state index < -0.39 is 11.7 Å². The van der Waals surface area contributed by atoms with Crippen molar-refractivity contribution in [3.63, 3.8) is 0 Å². The average molecular weight is 424 g/mol. The van der Waals surface area contributed by atoms with Gasteiger partial charge in [-0.05, 0) is 42.5 Å². The highest BCUT2D eigenvalue weighted by molar-refractivity contribution is 6.05. The van der Waals surface area contributed by atoms with Gasteiger partial charge in [-0.1, -0.05) is 18.2 Å². The number of carbonyl (C=O) groups is 2. The van der Waals surface area contributed by atoms with Crippen LogP contribution in [-0.2, 0) is 4.79 Å². The Hall–Kier alpha value is -4.07. The number of nitrogens with one attached hydrogen (secondary N) is 2. The molecular weight excluding hydrogens is 403 g/mol. The molecule has 3 aromatic carbocycles. The summed E-state index contributed by atoms with van der Waals surface area (Å²) in [5, 5.41) is 5.23. The van der Waals surface area contributed by atoms with Crippen LogP contribution in [0.15, 0.2) is 66.7 Å². The number of para-hydroxylation sites is 2. The first-order chi connectivity index (χ1) is 15.0. The van der Waals surface area contributed by atoms with Crippen LogP contribution in [0.4, 0.5) is 10.1 Å². The molecule has 0 spiro atoms. The topological polar surface area (TPSA) is 85.9 Å². The molecular formula is C23H21FN2O5. The monoisotopic (exact) mass is 424 g/mol. The molecule has 160 valence electrons. The fourth-order valence-corrected chi connectivity index (χ4v) is 2.65. The van der Waals surface area contributed by atoms with E-state index >= 15 is 0 Å². The van der Waals surface area contributed by atoms with Crippen molar-refractivity contribution in [2.24, 2.45) is 0 Å². The van der Waals surface area contributed by atoms with Gasteiger partial charge in [-0.2, -0.15) is 0 Å². The van der Waals surface area contributed by atoms with Gasteiger partial charge in [0.25, 0.3) is 11.8 Å². The third-order valence-corrected chi connectivity index (χ3v) is 4.22. The first kappa shape index (κ1) is 21.6. The summed E-state index contributed by atoms with van der Waals surface area (Å²) in [6.07, 6.45) is 0. The lowest BCUT2D eigenvalue weighted by Gasteiger charge is -2.14. The lowest BCUT2D eigenvalue weighted by molar-refractivity contribution is -0.122. The Morgan fingerprint density at radius 3 is 2.48 bits per heavy atom. The quantitative estimate of drug-likeness (QED) is 0.571. The highest BCUT2D eigenvalue weighted by Gasteiger charge is 2.14. The molecule has 0 bridgehead atoms.